The van der Waals surface area contributed by atoms with Crippen molar-refractivity contribution in [2.45, 2.75) is 63.3 Å². The summed E-state index contributed by atoms with van der Waals surface area (Å²) >= 11 is 1.69. The van der Waals surface area contributed by atoms with E-state index in [2.05, 4.69) is 62.1 Å². The van der Waals surface area contributed by atoms with E-state index < -0.39 is 0 Å². The van der Waals surface area contributed by atoms with Crippen molar-refractivity contribution in [3.05, 3.63) is 53.5 Å². The first-order valence-electron chi connectivity index (χ1n) is 8.46. The number of nitrogens with zero attached hydrogens (tertiary/aromatic N) is 2. The molecule has 2 unspecified atom stereocenters. The Morgan fingerprint density at radius 2 is 1.52 bits per heavy atom. The van der Waals surface area contributed by atoms with Crippen molar-refractivity contribution in [3.63, 3.8) is 0 Å². The second-order valence-corrected chi connectivity index (χ2v) is 7.55. The molecular formula is C20H28N2S. The van der Waals surface area contributed by atoms with Crippen molar-refractivity contribution < 1.29 is 0 Å². The van der Waals surface area contributed by atoms with E-state index in [4.69, 9.17) is 0 Å². The average Bonchev–Trinajstić information content (AvgIpc) is 2.59. The number of rotatable bonds is 7. The number of hydrogen-bond acceptors (Lipinski definition) is 3. The van der Waals surface area contributed by atoms with Gasteiger partial charge in [-0.1, -0.05) is 39.8 Å². The smallest absolute Gasteiger partial charge is 0.0957 e. The molecule has 0 radical (unpaired) electrons. The first-order valence-corrected chi connectivity index (χ1v) is 9.68. The lowest BCUT2D eigenvalue weighted by Gasteiger charge is -2.17. The molecule has 0 aromatic carbocycles. The molecule has 3 heteroatoms. The summed E-state index contributed by atoms with van der Waals surface area (Å²) in [7, 11) is 0. The fraction of sp³-hybridized carbons (Fsp3) is 0.500. The lowest BCUT2D eigenvalue weighted by molar-refractivity contribution is 0.570. The van der Waals surface area contributed by atoms with Gasteiger partial charge in [0.15, 0.2) is 0 Å². The van der Waals surface area contributed by atoms with Crippen molar-refractivity contribution in [1.29, 1.82) is 0 Å². The molecule has 124 valence electrons. The minimum Gasteiger partial charge on any atom is -0.264 e. The van der Waals surface area contributed by atoms with Crippen LogP contribution in [0.15, 0.2) is 41.8 Å². The van der Waals surface area contributed by atoms with Crippen LogP contribution in [-0.2, 0) is 0 Å². The Morgan fingerprint density at radius 3 is 2.09 bits per heavy atom. The van der Waals surface area contributed by atoms with Gasteiger partial charge >= 0.3 is 0 Å². The Hall–Kier alpha value is -1.35. The summed E-state index contributed by atoms with van der Waals surface area (Å²) in [6, 6.07) is 6.66. The van der Waals surface area contributed by atoms with Crippen LogP contribution in [0.25, 0.3) is 0 Å². The van der Waals surface area contributed by atoms with Crippen LogP contribution in [0, 0.1) is 0 Å². The monoisotopic (exact) mass is 328 g/mol. The molecule has 23 heavy (non-hydrogen) atoms. The molecule has 0 amide bonds. The molecule has 0 N–H and O–H groups in total. The molecule has 2 nitrogen and oxygen atoms in total. The molecule has 0 aliphatic rings. The summed E-state index contributed by atoms with van der Waals surface area (Å²) in [5.41, 5.74) is 4.03. The largest absolute Gasteiger partial charge is 0.264 e. The molecule has 2 atom stereocenters. The van der Waals surface area contributed by atoms with Crippen molar-refractivity contribution >= 4 is 11.8 Å². The van der Waals surface area contributed by atoms with Gasteiger partial charge in [0.25, 0.3) is 0 Å². The van der Waals surface area contributed by atoms with Crippen LogP contribution in [0.3, 0.4) is 0 Å². The second-order valence-electron chi connectivity index (χ2n) is 6.72. The van der Waals surface area contributed by atoms with Gasteiger partial charge in [-0.15, -0.1) is 11.8 Å². The number of thioether (sulfide) groups is 1. The maximum absolute atomic E-state index is 4.49. The highest BCUT2D eigenvalue weighted by atomic mass is 32.2. The molecule has 0 spiro atoms. The molecule has 2 aromatic heterocycles. The Morgan fingerprint density at radius 1 is 0.870 bits per heavy atom. The summed E-state index contributed by atoms with van der Waals surface area (Å²) in [6.45, 7) is 9.05. The average molecular weight is 329 g/mol. The number of aromatic nitrogens is 2. The van der Waals surface area contributed by atoms with Gasteiger partial charge in [0.2, 0.25) is 0 Å². The SMILES string of the molecule is CSc1ccc(C(C)CCC(C)c2cncc(C(C)C)c2)cn1. The topological polar surface area (TPSA) is 25.8 Å². The van der Waals surface area contributed by atoms with Gasteiger partial charge < -0.3 is 0 Å². The summed E-state index contributed by atoms with van der Waals surface area (Å²) < 4.78 is 0. The Kier molecular flexibility index (Phi) is 6.64. The minimum atomic E-state index is 0.537. The van der Waals surface area contributed by atoms with Crippen LogP contribution in [0.4, 0.5) is 0 Å². The fourth-order valence-corrected chi connectivity index (χ4v) is 3.06. The molecule has 0 bridgehead atoms. The van der Waals surface area contributed by atoms with E-state index in [-0.39, 0.29) is 0 Å². The lowest BCUT2D eigenvalue weighted by Crippen LogP contribution is -2.01. The van der Waals surface area contributed by atoms with Crippen LogP contribution in [0.1, 0.15) is 75.0 Å². The molecule has 0 saturated carbocycles. The molecule has 0 aliphatic heterocycles. The normalized spacial score (nSPS) is 14.0. The van der Waals surface area contributed by atoms with Crippen LogP contribution in [0.5, 0.6) is 0 Å². The zero-order valence-corrected chi connectivity index (χ0v) is 15.7. The lowest BCUT2D eigenvalue weighted by atomic mass is 9.89. The summed E-state index contributed by atoms with van der Waals surface area (Å²) in [5.74, 6) is 1.62. The van der Waals surface area contributed by atoms with Crippen molar-refractivity contribution in [2.24, 2.45) is 0 Å². The van der Waals surface area contributed by atoms with E-state index in [1.807, 2.05) is 18.6 Å². The van der Waals surface area contributed by atoms with Crippen molar-refractivity contribution in [3.8, 4) is 0 Å². The third-order valence-electron chi connectivity index (χ3n) is 4.59. The maximum Gasteiger partial charge on any atom is 0.0957 e. The second kappa shape index (κ2) is 8.49. The van der Waals surface area contributed by atoms with E-state index in [1.165, 1.54) is 29.5 Å². The van der Waals surface area contributed by atoms with E-state index in [1.54, 1.807) is 11.8 Å². The maximum atomic E-state index is 4.49. The Balaban J connectivity index is 1.95. The molecule has 2 heterocycles. The molecule has 0 aliphatic carbocycles. The van der Waals surface area contributed by atoms with E-state index in [0.29, 0.717) is 17.8 Å². The zero-order chi connectivity index (χ0) is 16.8. The van der Waals surface area contributed by atoms with Gasteiger partial charge in [-0.25, -0.2) is 4.98 Å². The summed E-state index contributed by atoms with van der Waals surface area (Å²) in [4.78, 5) is 8.91. The molecule has 0 fully saturated rings. The van der Waals surface area contributed by atoms with Gasteiger partial charge in [0.05, 0.1) is 5.03 Å². The number of hydrogen-bond donors (Lipinski definition) is 0. The quantitative estimate of drug-likeness (QED) is 0.582. The highest BCUT2D eigenvalue weighted by Gasteiger charge is 2.12. The first-order chi connectivity index (χ1) is 11.0. The fourth-order valence-electron chi connectivity index (χ4n) is 2.70. The molecular weight excluding hydrogens is 300 g/mol. The first kappa shape index (κ1) is 18.0. The minimum absolute atomic E-state index is 0.537. The van der Waals surface area contributed by atoms with Gasteiger partial charge in [-0.05, 0) is 59.6 Å². The summed E-state index contributed by atoms with van der Waals surface area (Å²) in [5, 5.41) is 1.09. The van der Waals surface area contributed by atoms with Crippen LogP contribution in [-0.4, -0.2) is 16.2 Å². The predicted molar refractivity (Wildman–Crippen MR) is 100 cm³/mol. The standard InChI is InChI=1S/C20H28N2S/c1-14(2)18-10-19(12-21-11-18)16(4)7-6-15(3)17-8-9-20(23-5)22-13-17/h8-16H,6-7H2,1-5H3. The highest BCUT2D eigenvalue weighted by molar-refractivity contribution is 7.98. The third-order valence-corrected chi connectivity index (χ3v) is 5.25. The molecule has 2 rings (SSSR count). The Bertz CT molecular complexity index is 607. The van der Waals surface area contributed by atoms with Crippen LogP contribution >= 0.6 is 11.8 Å². The highest BCUT2D eigenvalue weighted by Crippen LogP contribution is 2.28. The third kappa shape index (κ3) is 5.07. The van der Waals surface area contributed by atoms with Crippen LogP contribution < -0.4 is 0 Å². The van der Waals surface area contributed by atoms with Crippen molar-refractivity contribution in [1.82, 2.24) is 9.97 Å². The van der Waals surface area contributed by atoms with Gasteiger partial charge in [-0.3, -0.25) is 4.98 Å². The van der Waals surface area contributed by atoms with Crippen LogP contribution in [0.2, 0.25) is 0 Å². The molecule has 2 aromatic rings. The van der Waals surface area contributed by atoms with E-state index in [9.17, 15) is 0 Å². The van der Waals surface area contributed by atoms with Gasteiger partial charge in [0, 0.05) is 18.6 Å². The molecule has 0 saturated heterocycles. The van der Waals surface area contributed by atoms with E-state index >= 15 is 0 Å². The predicted octanol–water partition coefficient (Wildman–Crippen LogP) is 6.01. The van der Waals surface area contributed by atoms with E-state index in [0.717, 1.165) is 5.03 Å². The summed E-state index contributed by atoms with van der Waals surface area (Å²) in [6.07, 6.45) is 10.5. The van der Waals surface area contributed by atoms with Gasteiger partial charge in [0.1, 0.15) is 0 Å². The Labute approximate surface area is 145 Å². The zero-order valence-electron chi connectivity index (χ0n) is 14.9. The van der Waals surface area contributed by atoms with Crippen molar-refractivity contribution in [2.75, 3.05) is 6.26 Å². The number of pyridine rings is 2. The van der Waals surface area contributed by atoms with Gasteiger partial charge in [-0.2, -0.15) is 0 Å².